The van der Waals surface area contributed by atoms with Gasteiger partial charge >= 0.3 is 5.97 Å². The SMILES string of the molecule is C=CCCCNC(=O)CCOCCC(=O)OC. The Bertz CT molecular complexity index is 241. The molecule has 1 N–H and O–H groups in total. The maximum absolute atomic E-state index is 11.3. The Labute approximate surface area is 102 Å². The van der Waals surface area contributed by atoms with Crippen LogP contribution in [0.3, 0.4) is 0 Å². The molecular formula is C12H21NO4. The molecule has 0 aromatic carbocycles. The summed E-state index contributed by atoms with van der Waals surface area (Å²) in [4.78, 5) is 22.0. The first-order valence-electron chi connectivity index (χ1n) is 5.73. The van der Waals surface area contributed by atoms with Gasteiger partial charge < -0.3 is 14.8 Å². The number of hydrogen-bond acceptors (Lipinski definition) is 4. The molecule has 0 unspecified atom stereocenters. The Morgan fingerprint density at radius 1 is 1.29 bits per heavy atom. The molecule has 0 saturated carbocycles. The molecule has 5 heteroatoms. The Kier molecular flexibility index (Phi) is 10.2. The summed E-state index contributed by atoms with van der Waals surface area (Å²) in [6, 6.07) is 0. The summed E-state index contributed by atoms with van der Waals surface area (Å²) in [6.07, 6.45) is 4.16. The van der Waals surface area contributed by atoms with E-state index in [0.29, 0.717) is 19.6 Å². The quantitative estimate of drug-likeness (QED) is 0.354. The van der Waals surface area contributed by atoms with Gasteiger partial charge in [-0.05, 0) is 12.8 Å². The van der Waals surface area contributed by atoms with E-state index in [4.69, 9.17) is 4.74 Å². The summed E-state index contributed by atoms with van der Waals surface area (Å²) in [5.74, 6) is -0.342. The largest absolute Gasteiger partial charge is 0.469 e. The molecule has 0 heterocycles. The molecule has 0 aliphatic rings. The molecule has 0 saturated heterocycles. The van der Waals surface area contributed by atoms with Crippen molar-refractivity contribution in [3.63, 3.8) is 0 Å². The van der Waals surface area contributed by atoms with E-state index in [1.807, 2.05) is 6.08 Å². The molecule has 0 aromatic heterocycles. The molecule has 0 aliphatic carbocycles. The lowest BCUT2D eigenvalue weighted by Crippen LogP contribution is -2.25. The van der Waals surface area contributed by atoms with Crippen LogP contribution in [0.1, 0.15) is 25.7 Å². The zero-order chi connectivity index (χ0) is 12.9. The van der Waals surface area contributed by atoms with Crippen LogP contribution >= 0.6 is 0 Å². The monoisotopic (exact) mass is 243 g/mol. The van der Waals surface area contributed by atoms with Crippen molar-refractivity contribution in [1.82, 2.24) is 5.32 Å². The van der Waals surface area contributed by atoms with Crippen LogP contribution in [0.5, 0.6) is 0 Å². The van der Waals surface area contributed by atoms with Gasteiger partial charge in [0.1, 0.15) is 0 Å². The van der Waals surface area contributed by atoms with E-state index in [9.17, 15) is 9.59 Å². The third-order valence-electron chi connectivity index (χ3n) is 2.06. The molecule has 0 aromatic rings. The van der Waals surface area contributed by atoms with Gasteiger partial charge in [0.2, 0.25) is 5.91 Å². The summed E-state index contributed by atoms with van der Waals surface area (Å²) < 4.78 is 9.57. The van der Waals surface area contributed by atoms with Crippen molar-refractivity contribution in [3.05, 3.63) is 12.7 Å². The van der Waals surface area contributed by atoms with Gasteiger partial charge in [0.25, 0.3) is 0 Å². The van der Waals surface area contributed by atoms with E-state index >= 15 is 0 Å². The van der Waals surface area contributed by atoms with E-state index in [0.717, 1.165) is 12.8 Å². The van der Waals surface area contributed by atoms with E-state index < -0.39 is 0 Å². The molecule has 0 spiro atoms. The topological polar surface area (TPSA) is 64.6 Å². The van der Waals surface area contributed by atoms with Crippen LogP contribution in [0.15, 0.2) is 12.7 Å². The van der Waals surface area contributed by atoms with Gasteiger partial charge in [-0.1, -0.05) is 6.08 Å². The van der Waals surface area contributed by atoms with Crippen LogP contribution in [0, 0.1) is 0 Å². The Balaban J connectivity index is 3.27. The summed E-state index contributed by atoms with van der Waals surface area (Å²) in [5, 5.41) is 2.77. The van der Waals surface area contributed by atoms with Crippen molar-refractivity contribution in [2.24, 2.45) is 0 Å². The number of rotatable bonds is 10. The molecular weight excluding hydrogens is 222 g/mol. The highest BCUT2D eigenvalue weighted by Crippen LogP contribution is 1.90. The van der Waals surface area contributed by atoms with Gasteiger partial charge in [0.05, 0.1) is 26.7 Å². The number of esters is 1. The summed E-state index contributed by atoms with van der Waals surface area (Å²) in [7, 11) is 1.33. The fourth-order valence-corrected chi connectivity index (χ4v) is 1.09. The number of ether oxygens (including phenoxy) is 2. The zero-order valence-electron chi connectivity index (χ0n) is 10.4. The molecule has 5 nitrogen and oxygen atoms in total. The first-order chi connectivity index (χ1) is 8.20. The van der Waals surface area contributed by atoms with Crippen LogP contribution in [0.25, 0.3) is 0 Å². The van der Waals surface area contributed by atoms with Crippen LogP contribution in [0.2, 0.25) is 0 Å². The van der Waals surface area contributed by atoms with Crippen LogP contribution in [-0.4, -0.2) is 38.7 Å². The van der Waals surface area contributed by atoms with Crippen molar-refractivity contribution in [2.75, 3.05) is 26.9 Å². The molecule has 0 radical (unpaired) electrons. The average molecular weight is 243 g/mol. The second-order valence-electron chi connectivity index (χ2n) is 3.47. The molecule has 0 fully saturated rings. The molecule has 1 amide bonds. The van der Waals surface area contributed by atoms with E-state index in [2.05, 4.69) is 16.6 Å². The summed E-state index contributed by atoms with van der Waals surface area (Å²) in [6.45, 7) is 4.87. The standard InChI is InChI=1S/C12H21NO4/c1-3-4-5-8-13-11(14)6-9-17-10-7-12(15)16-2/h3H,1,4-10H2,2H3,(H,13,14). The number of methoxy groups -OCH3 is 1. The minimum absolute atomic E-state index is 0.0351. The zero-order valence-corrected chi connectivity index (χ0v) is 10.4. The predicted octanol–water partition coefficient (Wildman–Crippen LogP) is 1.04. The van der Waals surface area contributed by atoms with Gasteiger partial charge in [0.15, 0.2) is 0 Å². The maximum atomic E-state index is 11.3. The number of unbranched alkanes of at least 4 members (excludes halogenated alkanes) is 1. The smallest absolute Gasteiger partial charge is 0.307 e. The predicted molar refractivity (Wildman–Crippen MR) is 64.5 cm³/mol. The minimum atomic E-state index is -0.307. The van der Waals surface area contributed by atoms with Crippen molar-refractivity contribution in [3.8, 4) is 0 Å². The lowest BCUT2D eigenvalue weighted by Gasteiger charge is -2.05. The summed E-state index contributed by atoms with van der Waals surface area (Å²) >= 11 is 0. The fourth-order valence-electron chi connectivity index (χ4n) is 1.09. The van der Waals surface area contributed by atoms with Gasteiger partial charge in [-0.2, -0.15) is 0 Å². The third kappa shape index (κ3) is 10.9. The molecule has 0 atom stereocenters. The van der Waals surface area contributed by atoms with Gasteiger partial charge in [-0.15, -0.1) is 6.58 Å². The highest BCUT2D eigenvalue weighted by atomic mass is 16.5. The maximum Gasteiger partial charge on any atom is 0.307 e. The van der Waals surface area contributed by atoms with E-state index in [1.165, 1.54) is 7.11 Å². The normalized spacial score (nSPS) is 9.71. The number of carbonyl (C=O) groups is 2. The highest BCUT2D eigenvalue weighted by molar-refractivity contribution is 5.75. The molecule has 98 valence electrons. The first-order valence-corrected chi connectivity index (χ1v) is 5.73. The third-order valence-corrected chi connectivity index (χ3v) is 2.06. The highest BCUT2D eigenvalue weighted by Gasteiger charge is 2.02. The van der Waals surface area contributed by atoms with Gasteiger partial charge in [-0.25, -0.2) is 0 Å². The molecule has 17 heavy (non-hydrogen) atoms. The lowest BCUT2D eigenvalue weighted by molar-refractivity contribution is -0.141. The number of hydrogen-bond donors (Lipinski definition) is 1. The minimum Gasteiger partial charge on any atom is -0.469 e. The van der Waals surface area contributed by atoms with Gasteiger partial charge in [0, 0.05) is 13.0 Å². The van der Waals surface area contributed by atoms with Crippen LogP contribution in [-0.2, 0) is 19.1 Å². The number of nitrogens with one attached hydrogen (secondary N) is 1. The average Bonchev–Trinajstić information content (AvgIpc) is 2.34. The number of amides is 1. The first kappa shape index (κ1) is 15.6. The molecule has 0 rings (SSSR count). The Morgan fingerprint density at radius 2 is 2.00 bits per heavy atom. The van der Waals surface area contributed by atoms with Crippen LogP contribution in [0.4, 0.5) is 0 Å². The van der Waals surface area contributed by atoms with Crippen molar-refractivity contribution in [2.45, 2.75) is 25.7 Å². The fraction of sp³-hybridized carbons (Fsp3) is 0.667. The molecule has 0 aliphatic heterocycles. The van der Waals surface area contributed by atoms with Crippen molar-refractivity contribution in [1.29, 1.82) is 0 Å². The Morgan fingerprint density at radius 3 is 2.65 bits per heavy atom. The van der Waals surface area contributed by atoms with Crippen LogP contribution < -0.4 is 5.32 Å². The van der Waals surface area contributed by atoms with E-state index in [1.54, 1.807) is 0 Å². The number of allylic oxidation sites excluding steroid dienone is 1. The number of carbonyl (C=O) groups excluding carboxylic acids is 2. The van der Waals surface area contributed by atoms with Gasteiger partial charge in [-0.3, -0.25) is 9.59 Å². The second kappa shape index (κ2) is 11.1. The molecule has 0 bridgehead atoms. The Hall–Kier alpha value is -1.36. The van der Waals surface area contributed by atoms with Crippen molar-refractivity contribution >= 4 is 11.9 Å². The lowest BCUT2D eigenvalue weighted by atomic mass is 10.3. The van der Waals surface area contributed by atoms with Crippen molar-refractivity contribution < 1.29 is 19.1 Å². The second-order valence-corrected chi connectivity index (χ2v) is 3.47. The summed E-state index contributed by atoms with van der Waals surface area (Å²) in [5.41, 5.74) is 0. The van der Waals surface area contributed by atoms with E-state index in [-0.39, 0.29) is 24.9 Å².